The molecule has 6 aliphatic rings. The lowest BCUT2D eigenvalue weighted by Gasteiger charge is -2.42. The van der Waals surface area contributed by atoms with Crippen molar-refractivity contribution in [2.24, 2.45) is 0 Å². The number of nitrogens with one attached hydrogen (secondary N) is 2. The minimum absolute atomic E-state index is 0.0885. The summed E-state index contributed by atoms with van der Waals surface area (Å²) in [6, 6.07) is 3.89. The maximum absolute atomic E-state index is 12.1. The van der Waals surface area contributed by atoms with Gasteiger partial charge in [0.25, 0.3) is 0 Å². The third-order valence-electron chi connectivity index (χ3n) is 10.6. The molecule has 8 rings (SSSR count). The van der Waals surface area contributed by atoms with E-state index in [2.05, 4.69) is 25.3 Å². The van der Waals surface area contributed by atoms with E-state index in [1.54, 1.807) is 6.07 Å². The number of hydrogen-bond acceptors (Lipinski definition) is 8. The number of ether oxygens (including phenoxy) is 1. The molecule has 224 valence electrons. The van der Waals surface area contributed by atoms with Crippen LogP contribution < -0.4 is 25.2 Å². The maximum atomic E-state index is 12.1. The van der Waals surface area contributed by atoms with Crippen LogP contribution in [0.4, 0.5) is 16.3 Å². The minimum Gasteiger partial charge on any atom is -0.508 e. The largest absolute Gasteiger partial charge is 0.508 e. The van der Waals surface area contributed by atoms with Gasteiger partial charge in [0.15, 0.2) is 0 Å². The summed E-state index contributed by atoms with van der Waals surface area (Å²) >= 11 is 6.68. The number of hydrogen-bond donors (Lipinski definition) is 3. The molecule has 0 bridgehead atoms. The number of fused-ring (bicyclic) bond motifs is 2. The monoisotopic (exact) mass is 593 g/mol. The van der Waals surface area contributed by atoms with Gasteiger partial charge in [0.1, 0.15) is 18.2 Å². The van der Waals surface area contributed by atoms with Gasteiger partial charge in [0.2, 0.25) is 0 Å². The molecule has 5 aliphatic heterocycles. The Balaban J connectivity index is 1.13. The molecule has 2 amide bonds. The molecule has 4 saturated heterocycles. The second-order valence-corrected chi connectivity index (χ2v) is 13.8. The summed E-state index contributed by atoms with van der Waals surface area (Å²) < 4.78 is 6.53. The van der Waals surface area contributed by atoms with Crippen molar-refractivity contribution in [2.75, 3.05) is 55.7 Å². The molecule has 10 nitrogen and oxygen atoms in total. The number of phenolic OH excluding ortho intramolecular Hbond substituents is 1. The van der Waals surface area contributed by atoms with Crippen molar-refractivity contribution in [3.05, 3.63) is 34.0 Å². The summed E-state index contributed by atoms with van der Waals surface area (Å²) in [5.41, 5.74) is 4.13. The zero-order valence-corrected chi connectivity index (χ0v) is 24.9. The lowest BCUT2D eigenvalue weighted by Crippen LogP contribution is -2.56. The predicted molar refractivity (Wildman–Crippen MR) is 161 cm³/mol. The third-order valence-corrected chi connectivity index (χ3v) is 10.9. The van der Waals surface area contributed by atoms with Crippen LogP contribution in [0.1, 0.15) is 74.1 Å². The average Bonchev–Trinajstić information content (AvgIpc) is 3.46. The summed E-state index contributed by atoms with van der Waals surface area (Å²) in [5.74, 6) is 1.59. The van der Waals surface area contributed by atoms with Crippen molar-refractivity contribution >= 4 is 29.1 Å². The van der Waals surface area contributed by atoms with E-state index in [0.29, 0.717) is 43.2 Å². The number of carbonyl (C=O) groups is 1. The third kappa shape index (κ3) is 4.61. The molecule has 1 atom stereocenters. The Morgan fingerprint density at radius 1 is 1.05 bits per heavy atom. The van der Waals surface area contributed by atoms with Gasteiger partial charge in [-0.1, -0.05) is 11.6 Å². The van der Waals surface area contributed by atoms with E-state index >= 15 is 0 Å². The van der Waals surface area contributed by atoms with Gasteiger partial charge in [-0.3, -0.25) is 4.90 Å². The molecule has 0 radical (unpaired) electrons. The number of phenols is 1. The smallest absolute Gasteiger partial charge is 0.318 e. The number of benzene rings is 1. The zero-order chi connectivity index (χ0) is 28.5. The fraction of sp³-hybridized carbons (Fsp3) is 0.645. The number of aromatic hydroxyl groups is 1. The Morgan fingerprint density at radius 2 is 1.86 bits per heavy atom. The van der Waals surface area contributed by atoms with Gasteiger partial charge < -0.3 is 30.3 Å². The summed E-state index contributed by atoms with van der Waals surface area (Å²) in [4.78, 5) is 29.5. The fourth-order valence-corrected chi connectivity index (χ4v) is 8.71. The Hall–Kier alpha value is -2.98. The summed E-state index contributed by atoms with van der Waals surface area (Å²) in [7, 11) is 0. The number of piperidine rings is 1. The molecule has 3 N–H and O–H groups in total. The van der Waals surface area contributed by atoms with E-state index < -0.39 is 0 Å². The van der Waals surface area contributed by atoms with Crippen LogP contribution in [0.2, 0.25) is 5.02 Å². The first kappa shape index (κ1) is 26.6. The van der Waals surface area contributed by atoms with Crippen molar-refractivity contribution in [3.63, 3.8) is 0 Å². The molecule has 1 saturated carbocycles. The van der Waals surface area contributed by atoms with Gasteiger partial charge in [0.05, 0.1) is 23.3 Å². The number of rotatable bonds is 6. The SMILES string of the molecule is O=C1NCC2(CCCN(c3nc(OCC45CCCN4CCC5)nc4c3CCN(c3cc(O)cc(Cl)c3C3CC3)C4)C2)N1. The first-order valence-corrected chi connectivity index (χ1v) is 16.1. The van der Waals surface area contributed by atoms with Gasteiger partial charge in [-0.2, -0.15) is 9.97 Å². The van der Waals surface area contributed by atoms with E-state index in [0.717, 1.165) is 86.6 Å². The molecule has 2 aromatic rings. The molecule has 5 fully saturated rings. The van der Waals surface area contributed by atoms with Gasteiger partial charge in [-0.05, 0) is 88.4 Å². The number of urea groups is 1. The maximum Gasteiger partial charge on any atom is 0.318 e. The zero-order valence-electron chi connectivity index (χ0n) is 24.1. The molecule has 1 aliphatic carbocycles. The number of aromatic nitrogens is 2. The summed E-state index contributed by atoms with van der Waals surface area (Å²) in [6.07, 6.45) is 9.76. The quantitative estimate of drug-likeness (QED) is 0.463. The molecular formula is C31H40ClN7O3. The Labute approximate surface area is 251 Å². The Kier molecular flexibility index (Phi) is 6.37. The molecule has 6 heterocycles. The minimum atomic E-state index is -0.278. The highest BCUT2D eigenvalue weighted by molar-refractivity contribution is 6.32. The first-order valence-electron chi connectivity index (χ1n) is 15.8. The van der Waals surface area contributed by atoms with Gasteiger partial charge in [0, 0.05) is 48.5 Å². The molecule has 1 aromatic carbocycles. The van der Waals surface area contributed by atoms with Crippen molar-refractivity contribution in [2.45, 2.75) is 81.3 Å². The second-order valence-electron chi connectivity index (χ2n) is 13.4. The van der Waals surface area contributed by atoms with Crippen LogP contribution in [0.25, 0.3) is 0 Å². The lowest BCUT2D eigenvalue weighted by molar-refractivity contribution is 0.107. The average molecular weight is 594 g/mol. The number of anilines is 2. The predicted octanol–water partition coefficient (Wildman–Crippen LogP) is 3.93. The summed E-state index contributed by atoms with van der Waals surface area (Å²) in [6.45, 7) is 6.55. The van der Waals surface area contributed by atoms with Crippen LogP contribution >= 0.6 is 11.6 Å². The van der Waals surface area contributed by atoms with Gasteiger partial charge >= 0.3 is 12.0 Å². The topological polar surface area (TPSA) is 106 Å². The van der Waals surface area contributed by atoms with Crippen LogP contribution in [0.3, 0.4) is 0 Å². The first-order chi connectivity index (χ1) is 20.4. The van der Waals surface area contributed by atoms with Crippen molar-refractivity contribution < 1.29 is 14.6 Å². The molecule has 1 aromatic heterocycles. The van der Waals surface area contributed by atoms with E-state index in [4.69, 9.17) is 26.3 Å². The van der Waals surface area contributed by atoms with Gasteiger partial charge in [-0.15, -0.1) is 0 Å². The summed E-state index contributed by atoms with van der Waals surface area (Å²) in [5, 5.41) is 17.3. The normalized spacial score (nSPS) is 26.7. The van der Waals surface area contributed by atoms with Crippen LogP contribution in [-0.4, -0.2) is 83.0 Å². The molecule has 42 heavy (non-hydrogen) atoms. The highest BCUT2D eigenvalue weighted by Crippen LogP contribution is 2.50. The standard InChI is InChI=1S/C31H40ClN7O3/c32-23-14-21(40)15-25(26(23)20-4-5-20)37-13-6-22-24(16-37)34-29(42-19-31-8-2-11-39(31)12-3-9-31)35-27(22)38-10-1-7-30(18-38)17-33-28(41)36-30/h14-15,20,40H,1-13,16-19H2,(H2,33,36,41). The van der Waals surface area contributed by atoms with Crippen molar-refractivity contribution in [1.29, 1.82) is 0 Å². The van der Waals surface area contributed by atoms with Crippen LogP contribution in [-0.2, 0) is 13.0 Å². The highest BCUT2D eigenvalue weighted by atomic mass is 35.5. The number of halogens is 1. The fourth-order valence-electron chi connectivity index (χ4n) is 8.34. The molecule has 11 heteroatoms. The van der Waals surface area contributed by atoms with E-state index in [-0.39, 0.29) is 22.9 Å². The van der Waals surface area contributed by atoms with Crippen LogP contribution in [0.15, 0.2) is 12.1 Å². The number of nitrogens with zero attached hydrogens (tertiary/aromatic N) is 5. The second kappa shape index (κ2) is 10.0. The Morgan fingerprint density at radius 3 is 2.62 bits per heavy atom. The lowest BCUT2D eigenvalue weighted by atomic mass is 9.89. The van der Waals surface area contributed by atoms with Crippen molar-refractivity contribution in [3.8, 4) is 11.8 Å². The van der Waals surface area contributed by atoms with Crippen LogP contribution in [0, 0.1) is 0 Å². The van der Waals surface area contributed by atoms with E-state index in [9.17, 15) is 9.90 Å². The molecular weight excluding hydrogens is 554 g/mol. The van der Waals surface area contributed by atoms with Crippen molar-refractivity contribution in [1.82, 2.24) is 25.5 Å². The van der Waals surface area contributed by atoms with Crippen LogP contribution in [0.5, 0.6) is 11.8 Å². The Bertz CT molecular complexity index is 1410. The number of carbonyl (C=O) groups excluding carboxylic acids is 1. The van der Waals surface area contributed by atoms with Gasteiger partial charge in [-0.25, -0.2) is 4.79 Å². The highest BCUT2D eigenvalue weighted by Gasteiger charge is 2.46. The van der Waals surface area contributed by atoms with E-state index in [1.807, 2.05) is 6.07 Å². The molecule has 1 unspecified atom stereocenters. The van der Waals surface area contributed by atoms with E-state index in [1.165, 1.54) is 25.7 Å². The molecule has 1 spiro atoms. The number of amides is 2.